The average molecular weight is 282 g/mol. The van der Waals surface area contributed by atoms with Crippen molar-refractivity contribution < 1.29 is 9.90 Å². The Balaban J connectivity index is 2.73. The molecule has 6 nitrogen and oxygen atoms in total. The summed E-state index contributed by atoms with van der Waals surface area (Å²) in [5.74, 6) is -0.0829. The Kier molecular flexibility index (Phi) is 6.01. The molecule has 0 saturated carbocycles. The molecule has 20 heavy (non-hydrogen) atoms. The van der Waals surface area contributed by atoms with E-state index in [9.17, 15) is 9.90 Å². The second-order valence-electron chi connectivity index (χ2n) is 5.02. The first kappa shape index (κ1) is 16.5. The molecule has 0 aliphatic rings. The van der Waals surface area contributed by atoms with E-state index < -0.39 is 6.10 Å². The van der Waals surface area contributed by atoms with Crippen LogP contribution in [0.5, 0.6) is 0 Å². The highest BCUT2D eigenvalue weighted by atomic mass is 16.3. The number of anilines is 1. The van der Waals surface area contributed by atoms with Crippen LogP contribution >= 0.6 is 0 Å². The Morgan fingerprint density at radius 3 is 2.50 bits per heavy atom. The molecule has 0 aliphatic carbocycles. The number of hydrogen-bond donors (Lipinski definition) is 3. The highest BCUT2D eigenvalue weighted by Crippen LogP contribution is 2.17. The molecule has 0 saturated heterocycles. The second kappa shape index (κ2) is 7.28. The largest absolute Gasteiger partial charge is 0.395 e. The van der Waals surface area contributed by atoms with Crippen molar-refractivity contribution in [2.45, 2.75) is 53.2 Å². The highest BCUT2D eigenvalue weighted by Gasteiger charge is 2.21. The van der Waals surface area contributed by atoms with Gasteiger partial charge in [0, 0.05) is 13.1 Å². The first-order valence-electron chi connectivity index (χ1n) is 7.25. The number of aryl methyl sites for hydroxylation is 2. The lowest BCUT2D eigenvalue weighted by atomic mass is 9.96. The van der Waals surface area contributed by atoms with Crippen molar-refractivity contribution in [1.29, 1.82) is 0 Å². The summed E-state index contributed by atoms with van der Waals surface area (Å²) in [5, 5.41) is 17.0. The number of aliphatic hydroxyl groups is 1. The van der Waals surface area contributed by atoms with Gasteiger partial charge in [-0.1, -0.05) is 26.7 Å². The van der Waals surface area contributed by atoms with E-state index in [1.54, 1.807) is 11.6 Å². The number of nitrogens with zero attached hydrogens (tertiary/aromatic N) is 2. The molecule has 1 unspecified atom stereocenters. The van der Waals surface area contributed by atoms with Crippen LogP contribution in [0.3, 0.4) is 0 Å². The van der Waals surface area contributed by atoms with E-state index >= 15 is 0 Å². The zero-order valence-corrected chi connectivity index (χ0v) is 12.8. The first-order valence-corrected chi connectivity index (χ1v) is 7.25. The molecule has 1 amide bonds. The van der Waals surface area contributed by atoms with Crippen molar-refractivity contribution in [3.63, 3.8) is 0 Å². The van der Waals surface area contributed by atoms with Gasteiger partial charge in [0.1, 0.15) is 5.69 Å². The maximum Gasteiger partial charge on any atom is 0.271 e. The van der Waals surface area contributed by atoms with E-state index in [0.29, 0.717) is 23.6 Å². The van der Waals surface area contributed by atoms with E-state index in [-0.39, 0.29) is 18.4 Å². The SMILES string of the molecule is CCC(CC)C(O)CNC(=O)c1c(N)c(C)nn1CC. The third kappa shape index (κ3) is 3.50. The molecule has 6 heteroatoms. The van der Waals surface area contributed by atoms with E-state index in [1.165, 1.54) is 0 Å². The highest BCUT2D eigenvalue weighted by molar-refractivity contribution is 5.97. The van der Waals surface area contributed by atoms with Crippen LogP contribution < -0.4 is 11.1 Å². The van der Waals surface area contributed by atoms with Gasteiger partial charge in [-0.15, -0.1) is 0 Å². The van der Waals surface area contributed by atoms with E-state index in [4.69, 9.17) is 5.73 Å². The topological polar surface area (TPSA) is 93.2 Å². The lowest BCUT2D eigenvalue weighted by Gasteiger charge is -2.20. The van der Waals surface area contributed by atoms with Gasteiger partial charge in [-0.3, -0.25) is 9.48 Å². The number of rotatable bonds is 7. The predicted molar refractivity (Wildman–Crippen MR) is 79.5 cm³/mol. The summed E-state index contributed by atoms with van der Waals surface area (Å²) in [6, 6.07) is 0. The van der Waals surface area contributed by atoms with Crippen molar-refractivity contribution in [2.75, 3.05) is 12.3 Å². The lowest BCUT2D eigenvalue weighted by Crippen LogP contribution is -2.37. The van der Waals surface area contributed by atoms with Gasteiger partial charge in [-0.2, -0.15) is 5.10 Å². The van der Waals surface area contributed by atoms with Gasteiger partial charge < -0.3 is 16.2 Å². The van der Waals surface area contributed by atoms with Crippen LogP contribution in [-0.2, 0) is 6.54 Å². The number of hydrogen-bond acceptors (Lipinski definition) is 4. The molecule has 0 spiro atoms. The summed E-state index contributed by atoms with van der Waals surface area (Å²) in [4.78, 5) is 12.2. The minimum absolute atomic E-state index is 0.200. The minimum atomic E-state index is -0.533. The maximum atomic E-state index is 12.2. The maximum absolute atomic E-state index is 12.2. The quantitative estimate of drug-likeness (QED) is 0.703. The van der Waals surface area contributed by atoms with Crippen LogP contribution in [0.1, 0.15) is 49.8 Å². The number of aliphatic hydroxyl groups excluding tert-OH is 1. The summed E-state index contributed by atoms with van der Waals surface area (Å²) in [7, 11) is 0. The number of nitrogen functional groups attached to an aromatic ring is 1. The molecule has 0 bridgehead atoms. The summed E-state index contributed by atoms with van der Waals surface area (Å²) in [6.45, 7) is 8.56. The van der Waals surface area contributed by atoms with Crippen molar-refractivity contribution in [1.82, 2.24) is 15.1 Å². The molecule has 1 atom stereocenters. The number of nitrogens with one attached hydrogen (secondary N) is 1. The lowest BCUT2D eigenvalue weighted by molar-refractivity contribution is 0.0809. The summed E-state index contributed by atoms with van der Waals surface area (Å²) >= 11 is 0. The fourth-order valence-electron chi connectivity index (χ4n) is 2.34. The Labute approximate surface area is 120 Å². The molecule has 0 fully saturated rings. The van der Waals surface area contributed by atoms with Crippen LogP contribution in [-0.4, -0.2) is 33.4 Å². The fraction of sp³-hybridized carbons (Fsp3) is 0.714. The van der Waals surface area contributed by atoms with E-state index in [1.807, 2.05) is 20.8 Å². The molecule has 0 radical (unpaired) electrons. The monoisotopic (exact) mass is 282 g/mol. The van der Waals surface area contributed by atoms with Crippen LogP contribution in [0.15, 0.2) is 0 Å². The fourth-order valence-corrected chi connectivity index (χ4v) is 2.34. The number of aromatic nitrogens is 2. The zero-order valence-electron chi connectivity index (χ0n) is 12.8. The molecule has 1 aromatic rings. The zero-order chi connectivity index (χ0) is 15.3. The van der Waals surface area contributed by atoms with Crippen LogP contribution in [0.4, 0.5) is 5.69 Å². The minimum Gasteiger partial charge on any atom is -0.395 e. The molecule has 114 valence electrons. The van der Waals surface area contributed by atoms with Crippen LogP contribution in [0, 0.1) is 12.8 Å². The van der Waals surface area contributed by atoms with E-state index in [0.717, 1.165) is 12.8 Å². The predicted octanol–water partition coefficient (Wildman–Crippen LogP) is 1.32. The van der Waals surface area contributed by atoms with Gasteiger partial charge >= 0.3 is 0 Å². The number of carbonyl (C=O) groups excluding carboxylic acids is 1. The Bertz CT molecular complexity index is 452. The second-order valence-corrected chi connectivity index (χ2v) is 5.02. The van der Waals surface area contributed by atoms with Crippen molar-refractivity contribution >= 4 is 11.6 Å². The molecule has 1 aromatic heterocycles. The Hall–Kier alpha value is -1.56. The van der Waals surface area contributed by atoms with Gasteiger partial charge in [0.15, 0.2) is 0 Å². The molecule has 1 heterocycles. The van der Waals surface area contributed by atoms with Crippen molar-refractivity contribution in [3.8, 4) is 0 Å². The molecule has 0 aliphatic heterocycles. The number of carbonyl (C=O) groups is 1. The van der Waals surface area contributed by atoms with E-state index in [2.05, 4.69) is 10.4 Å². The van der Waals surface area contributed by atoms with Gasteiger partial charge in [-0.05, 0) is 19.8 Å². The smallest absolute Gasteiger partial charge is 0.271 e. The molecular weight excluding hydrogens is 256 g/mol. The molecule has 1 rings (SSSR count). The third-order valence-corrected chi connectivity index (χ3v) is 3.75. The molecule has 4 N–H and O–H groups in total. The van der Waals surface area contributed by atoms with Gasteiger partial charge in [0.2, 0.25) is 0 Å². The summed E-state index contributed by atoms with van der Waals surface area (Å²) < 4.78 is 1.59. The van der Waals surface area contributed by atoms with Crippen molar-refractivity contribution in [3.05, 3.63) is 11.4 Å². The van der Waals surface area contributed by atoms with Crippen LogP contribution in [0.2, 0.25) is 0 Å². The first-order chi connectivity index (χ1) is 9.46. The number of amides is 1. The normalized spacial score (nSPS) is 12.7. The Morgan fingerprint density at radius 1 is 1.40 bits per heavy atom. The standard InChI is InChI=1S/C14H26N4O2/c1-5-10(6-2)11(19)8-16-14(20)13-12(15)9(4)17-18(13)7-3/h10-11,19H,5-8,15H2,1-4H3,(H,16,20). The Morgan fingerprint density at radius 2 is 2.00 bits per heavy atom. The number of nitrogens with two attached hydrogens (primary N) is 1. The average Bonchev–Trinajstić information content (AvgIpc) is 2.73. The van der Waals surface area contributed by atoms with Gasteiger partial charge in [0.25, 0.3) is 5.91 Å². The van der Waals surface area contributed by atoms with Gasteiger partial charge in [0.05, 0.1) is 17.5 Å². The van der Waals surface area contributed by atoms with Gasteiger partial charge in [-0.25, -0.2) is 0 Å². The third-order valence-electron chi connectivity index (χ3n) is 3.75. The molecule has 0 aromatic carbocycles. The molecular formula is C14H26N4O2. The van der Waals surface area contributed by atoms with Crippen molar-refractivity contribution in [2.24, 2.45) is 5.92 Å². The summed E-state index contributed by atoms with van der Waals surface area (Å²) in [5.41, 5.74) is 7.32. The van der Waals surface area contributed by atoms with Crippen LogP contribution in [0.25, 0.3) is 0 Å². The summed E-state index contributed by atoms with van der Waals surface area (Å²) in [6.07, 6.45) is 1.25.